The molecule has 1 aliphatic rings. The first-order valence-corrected chi connectivity index (χ1v) is 6.02. The zero-order chi connectivity index (χ0) is 13.0. The van der Waals surface area contributed by atoms with Gasteiger partial charge < -0.3 is 14.5 Å². The van der Waals surface area contributed by atoms with E-state index in [1.807, 2.05) is 34.3 Å². The maximum Gasteiger partial charge on any atom is 0.338 e. The van der Waals surface area contributed by atoms with Gasteiger partial charge in [0.05, 0.1) is 12.2 Å². The van der Waals surface area contributed by atoms with Gasteiger partial charge in [-0.3, -0.25) is 0 Å². The molecule has 1 heterocycles. The summed E-state index contributed by atoms with van der Waals surface area (Å²) in [6.07, 6.45) is 3.89. The van der Waals surface area contributed by atoms with Crippen molar-refractivity contribution in [1.29, 1.82) is 0 Å². The Morgan fingerprint density at radius 1 is 1.22 bits per heavy atom. The highest BCUT2D eigenvalue weighted by Crippen LogP contribution is 2.22. The van der Waals surface area contributed by atoms with Crippen molar-refractivity contribution in [2.45, 2.75) is 13.8 Å². The van der Waals surface area contributed by atoms with Crippen molar-refractivity contribution >= 4 is 11.7 Å². The number of hydrogen-bond acceptors (Lipinski definition) is 4. The third kappa shape index (κ3) is 2.64. The number of benzene rings is 1. The molecule has 0 saturated carbocycles. The lowest BCUT2D eigenvalue weighted by atomic mass is 10.2. The van der Waals surface area contributed by atoms with Gasteiger partial charge in [-0.2, -0.15) is 0 Å². The van der Waals surface area contributed by atoms with Gasteiger partial charge in [0.25, 0.3) is 0 Å². The summed E-state index contributed by atoms with van der Waals surface area (Å²) in [6, 6.07) is 7.28. The quantitative estimate of drug-likeness (QED) is 0.762. The molecule has 2 rings (SSSR count). The molecule has 0 N–H and O–H groups in total. The molecule has 0 spiro atoms. The normalized spacial score (nSPS) is 14.1. The summed E-state index contributed by atoms with van der Waals surface area (Å²) in [5, 5.41) is 0. The zero-order valence-electron chi connectivity index (χ0n) is 10.6. The molecule has 0 aromatic heterocycles. The Labute approximate surface area is 107 Å². The molecular weight excluding hydrogens is 228 g/mol. The van der Waals surface area contributed by atoms with Gasteiger partial charge in [0, 0.05) is 24.6 Å². The molecule has 0 aliphatic carbocycles. The van der Waals surface area contributed by atoms with Crippen LogP contribution < -0.4 is 4.90 Å². The van der Waals surface area contributed by atoms with Gasteiger partial charge in [-0.25, -0.2) is 4.79 Å². The lowest BCUT2D eigenvalue weighted by molar-refractivity contribution is 0.0526. The minimum absolute atomic E-state index is 0.288. The van der Waals surface area contributed by atoms with E-state index in [1.165, 1.54) is 0 Å². The Hall–Kier alpha value is -1.97. The van der Waals surface area contributed by atoms with Crippen LogP contribution in [0.15, 0.2) is 36.7 Å². The number of carbonyl (C=O) groups is 1. The van der Waals surface area contributed by atoms with E-state index in [1.54, 1.807) is 19.1 Å². The first kappa shape index (κ1) is 12.5. The van der Waals surface area contributed by atoms with Crippen molar-refractivity contribution in [2.75, 3.05) is 18.1 Å². The van der Waals surface area contributed by atoms with E-state index in [9.17, 15) is 4.79 Å². The predicted molar refractivity (Wildman–Crippen MR) is 69.6 cm³/mol. The first-order chi connectivity index (χ1) is 8.74. The minimum atomic E-state index is -0.288. The summed E-state index contributed by atoms with van der Waals surface area (Å²) >= 11 is 0. The summed E-state index contributed by atoms with van der Waals surface area (Å²) in [7, 11) is 0. The lowest BCUT2D eigenvalue weighted by Gasteiger charge is -2.17. The highest BCUT2D eigenvalue weighted by Gasteiger charge is 2.15. The number of ether oxygens (including phenoxy) is 1. The van der Waals surface area contributed by atoms with Crippen LogP contribution >= 0.6 is 0 Å². The molecule has 1 aromatic carbocycles. The van der Waals surface area contributed by atoms with Crippen LogP contribution in [0.25, 0.3) is 0 Å². The van der Waals surface area contributed by atoms with E-state index in [2.05, 4.69) is 13.6 Å². The second kappa shape index (κ2) is 5.58. The van der Waals surface area contributed by atoms with Crippen molar-refractivity contribution in [1.82, 2.24) is 4.90 Å². The van der Waals surface area contributed by atoms with Crippen molar-refractivity contribution in [2.24, 2.45) is 0 Å². The number of anilines is 1. The fourth-order valence-corrected chi connectivity index (χ4v) is 1.64. The third-order valence-electron chi connectivity index (χ3n) is 2.63. The number of carbonyl (C=O) groups excluding carboxylic acids is 1. The third-order valence-corrected chi connectivity index (χ3v) is 2.63. The smallest absolute Gasteiger partial charge is 0.338 e. The molecule has 18 heavy (non-hydrogen) atoms. The number of esters is 1. The van der Waals surface area contributed by atoms with E-state index in [4.69, 9.17) is 4.74 Å². The predicted octanol–water partition coefficient (Wildman–Crippen LogP) is 2.47. The molecule has 0 atom stereocenters. The molecule has 0 bridgehead atoms. The summed E-state index contributed by atoms with van der Waals surface area (Å²) in [5.41, 5.74) is 1.53. The van der Waals surface area contributed by atoms with Crippen LogP contribution in [-0.4, -0.2) is 24.0 Å². The largest absolute Gasteiger partial charge is 0.462 e. The molecule has 2 radical (unpaired) electrons. The molecule has 0 unspecified atom stereocenters. The number of nitrogens with zero attached hydrogens (tertiary/aromatic N) is 2. The molecule has 4 nitrogen and oxygen atoms in total. The fraction of sp³-hybridized carbons (Fsp3) is 0.286. The van der Waals surface area contributed by atoms with Crippen molar-refractivity contribution in [3.05, 3.63) is 48.9 Å². The Bertz CT molecular complexity index is 440. The van der Waals surface area contributed by atoms with Crippen LogP contribution in [0.5, 0.6) is 0 Å². The Morgan fingerprint density at radius 2 is 1.94 bits per heavy atom. The number of hydrogen-bond donors (Lipinski definition) is 0. The van der Waals surface area contributed by atoms with Crippen LogP contribution in [0.1, 0.15) is 24.2 Å². The molecule has 94 valence electrons. The maximum atomic E-state index is 11.5. The molecule has 0 fully saturated rings. The average molecular weight is 244 g/mol. The van der Waals surface area contributed by atoms with Crippen molar-refractivity contribution < 1.29 is 9.53 Å². The molecule has 0 saturated heterocycles. The van der Waals surface area contributed by atoms with Crippen LogP contribution in [0.4, 0.5) is 5.69 Å². The lowest BCUT2D eigenvalue weighted by Crippen LogP contribution is -2.18. The van der Waals surface area contributed by atoms with E-state index >= 15 is 0 Å². The highest BCUT2D eigenvalue weighted by atomic mass is 16.5. The van der Waals surface area contributed by atoms with E-state index in [-0.39, 0.29) is 5.97 Å². The van der Waals surface area contributed by atoms with Gasteiger partial charge in [-0.1, -0.05) is 0 Å². The second-order valence-corrected chi connectivity index (χ2v) is 3.82. The van der Waals surface area contributed by atoms with Gasteiger partial charge in [0.1, 0.15) is 0 Å². The highest BCUT2D eigenvalue weighted by molar-refractivity contribution is 5.89. The molecular formula is C14H16N2O2. The van der Waals surface area contributed by atoms with Crippen LogP contribution in [0.2, 0.25) is 0 Å². The monoisotopic (exact) mass is 244 g/mol. The molecule has 0 amide bonds. The molecule has 1 aliphatic heterocycles. The van der Waals surface area contributed by atoms with Gasteiger partial charge in [0.2, 0.25) is 6.67 Å². The van der Waals surface area contributed by atoms with Crippen LogP contribution in [0.3, 0.4) is 0 Å². The van der Waals surface area contributed by atoms with E-state index in [0.717, 1.165) is 12.2 Å². The Kier molecular flexibility index (Phi) is 3.87. The molecule has 1 aromatic rings. The Balaban J connectivity index is 2.04. The van der Waals surface area contributed by atoms with Crippen LogP contribution in [-0.2, 0) is 4.74 Å². The van der Waals surface area contributed by atoms with Gasteiger partial charge >= 0.3 is 5.97 Å². The zero-order valence-corrected chi connectivity index (χ0v) is 10.6. The van der Waals surface area contributed by atoms with Gasteiger partial charge in [0.15, 0.2) is 0 Å². The second-order valence-electron chi connectivity index (χ2n) is 3.82. The summed E-state index contributed by atoms with van der Waals surface area (Å²) < 4.78 is 4.94. The van der Waals surface area contributed by atoms with Gasteiger partial charge in [-0.05, 0) is 38.1 Å². The minimum Gasteiger partial charge on any atom is -0.462 e. The topological polar surface area (TPSA) is 32.8 Å². The van der Waals surface area contributed by atoms with E-state index in [0.29, 0.717) is 12.2 Å². The Morgan fingerprint density at radius 3 is 2.50 bits per heavy atom. The SMILES string of the molecule is CCOC(=O)c1ccc(N2[C]N(CC)C=C2)cc1. The average Bonchev–Trinajstić information content (AvgIpc) is 2.88. The fourth-order valence-electron chi connectivity index (χ4n) is 1.64. The standard InChI is InChI=1S/C14H16N2O2/c1-3-15-9-10-16(11-15)13-7-5-12(6-8-13)14(17)18-4-2/h5-10H,3-4H2,1-2H3. The summed E-state index contributed by atoms with van der Waals surface area (Å²) in [6.45, 7) is 8.30. The van der Waals surface area contributed by atoms with Crippen LogP contribution in [0, 0.1) is 6.67 Å². The van der Waals surface area contributed by atoms with E-state index < -0.39 is 0 Å². The maximum absolute atomic E-state index is 11.5. The van der Waals surface area contributed by atoms with Gasteiger partial charge in [-0.15, -0.1) is 0 Å². The number of rotatable bonds is 4. The van der Waals surface area contributed by atoms with Crippen molar-refractivity contribution in [3.63, 3.8) is 0 Å². The summed E-state index contributed by atoms with van der Waals surface area (Å²) in [5.74, 6) is -0.288. The molecule has 4 heteroatoms. The summed E-state index contributed by atoms with van der Waals surface area (Å²) in [4.78, 5) is 15.3. The van der Waals surface area contributed by atoms with Crippen molar-refractivity contribution in [3.8, 4) is 0 Å². The first-order valence-electron chi connectivity index (χ1n) is 6.02.